The molecule has 0 saturated carbocycles. The predicted molar refractivity (Wildman–Crippen MR) is 162 cm³/mol. The maximum Gasteiger partial charge on any atom is 0.303 e. The third kappa shape index (κ3) is 9.29. The molecule has 6 atom stereocenters. The van der Waals surface area contributed by atoms with E-state index in [9.17, 15) is 24.9 Å². The van der Waals surface area contributed by atoms with Crippen LogP contribution in [0.15, 0.2) is 54.2 Å². The largest absolute Gasteiger partial charge is 0.505 e. The van der Waals surface area contributed by atoms with Crippen LogP contribution in [-0.2, 0) is 30.2 Å². The van der Waals surface area contributed by atoms with Crippen LogP contribution in [0, 0.1) is 11.8 Å². The lowest BCUT2D eigenvalue weighted by Crippen LogP contribution is -2.78. The fourth-order valence-electron chi connectivity index (χ4n) is 5.12. The minimum Gasteiger partial charge on any atom is -0.505 e. The number of carbonyl (C=O) groups is 2. The van der Waals surface area contributed by atoms with Crippen molar-refractivity contribution < 1.29 is 44.4 Å². The Balaban J connectivity index is 2.67. The van der Waals surface area contributed by atoms with E-state index in [-0.39, 0.29) is 29.0 Å². The molecule has 0 saturated heterocycles. The molecule has 10 heteroatoms. The number of ether oxygens (including phenoxy) is 3. The average Bonchev–Trinajstić information content (AvgIpc) is 2.94. The topological polar surface area (TPSA) is 151 Å². The molecule has 1 aromatic carbocycles. The van der Waals surface area contributed by atoms with E-state index in [1.807, 2.05) is 19.9 Å². The quantitative estimate of drug-likeness (QED) is 0.112. The Labute approximate surface area is 248 Å². The van der Waals surface area contributed by atoms with Gasteiger partial charge in [-0.25, -0.2) is 0 Å². The second kappa shape index (κ2) is 16.3. The van der Waals surface area contributed by atoms with Crippen LogP contribution in [0.1, 0.15) is 46.6 Å². The van der Waals surface area contributed by atoms with E-state index in [0.29, 0.717) is 41.8 Å². The standard InChI is InChI=1S/C32H46N2O8/c1-9-13-33-28-23-14-18(2)15-27(41-8)29(37)20(4)16-21(5)31(42-22(6)35)26(40-7)12-10-11-19(3)32(39)34-24(30(23)38)17-25(28)36/h9-12,16-18,20,26-27,29,31,33,36-38H,1,13-15H2,2-8H3,(H,34,39)/p+1/b12-10-,19-11+,21-16+/t18-,20+,26+,27+,29-,31+/m1/s1. The zero-order valence-corrected chi connectivity index (χ0v) is 25.7. The lowest BCUT2D eigenvalue weighted by atomic mass is 9.87. The molecule has 0 spiro atoms. The summed E-state index contributed by atoms with van der Waals surface area (Å²) in [6.07, 6.45) is 6.26. The molecule has 232 valence electrons. The number of fused-ring (bicyclic) bond motifs is 2. The van der Waals surface area contributed by atoms with Crippen molar-refractivity contribution in [2.24, 2.45) is 11.8 Å². The molecule has 0 radical (unpaired) electrons. The van der Waals surface area contributed by atoms with E-state index in [2.05, 4.69) is 11.9 Å². The summed E-state index contributed by atoms with van der Waals surface area (Å²) in [5, 5.41) is 37.9. The van der Waals surface area contributed by atoms with Crippen molar-refractivity contribution in [3.05, 3.63) is 59.7 Å². The van der Waals surface area contributed by atoms with Crippen molar-refractivity contribution >= 4 is 23.3 Å². The zero-order valence-electron chi connectivity index (χ0n) is 25.7. The smallest absolute Gasteiger partial charge is 0.303 e. The third-order valence-electron chi connectivity index (χ3n) is 7.41. The molecule has 1 aliphatic rings. The minimum absolute atomic E-state index is 0.0755. The number of carbonyl (C=O) groups excluding carboxylic acids is 2. The van der Waals surface area contributed by atoms with Gasteiger partial charge in [0.25, 0.3) is 5.91 Å². The molecule has 0 fully saturated rings. The Morgan fingerprint density at radius 1 is 1.21 bits per heavy atom. The number of aromatic hydroxyl groups is 2. The lowest BCUT2D eigenvalue weighted by molar-refractivity contribution is -0.562. The fraction of sp³-hybridized carbons (Fsp3) is 0.500. The molecule has 2 rings (SSSR count). The summed E-state index contributed by atoms with van der Waals surface area (Å²) in [6, 6.07) is 1.32. The average molecular weight is 588 g/mol. The highest BCUT2D eigenvalue weighted by Gasteiger charge is 2.30. The number of hydrogen-bond acceptors (Lipinski definition) is 8. The number of methoxy groups -OCH3 is 2. The van der Waals surface area contributed by atoms with Crippen LogP contribution in [0.4, 0.5) is 11.4 Å². The number of rotatable bonds is 6. The second-order valence-electron chi connectivity index (χ2n) is 10.9. The number of nitrogens with one attached hydrogen (secondary N) is 1. The highest BCUT2D eigenvalue weighted by Crippen LogP contribution is 2.40. The first kappa shape index (κ1) is 34.8. The molecule has 42 heavy (non-hydrogen) atoms. The highest BCUT2D eigenvalue weighted by molar-refractivity contribution is 6.04. The molecule has 2 bridgehead atoms. The molecule has 1 amide bonds. The number of aliphatic hydroxyl groups excluding tert-OH is 1. The molecule has 1 heterocycles. The number of aliphatic hydroxyl groups is 1. The lowest BCUT2D eigenvalue weighted by Gasteiger charge is -2.29. The van der Waals surface area contributed by atoms with E-state index >= 15 is 0 Å². The first-order chi connectivity index (χ1) is 19.8. The van der Waals surface area contributed by atoms with Gasteiger partial charge in [-0.2, -0.15) is 0 Å². The number of anilines is 1. The first-order valence-corrected chi connectivity index (χ1v) is 14.1. The zero-order chi connectivity index (χ0) is 31.6. The monoisotopic (exact) mass is 587 g/mol. The van der Waals surface area contributed by atoms with E-state index in [1.54, 1.807) is 43.5 Å². The van der Waals surface area contributed by atoms with Gasteiger partial charge in [-0.15, -0.1) is 0 Å². The molecule has 1 aliphatic heterocycles. The maximum absolute atomic E-state index is 13.0. The Hall–Kier alpha value is -3.44. The number of benzene rings is 1. The summed E-state index contributed by atoms with van der Waals surface area (Å²) < 4.78 is 16.9. The SMILES string of the molecule is C=CC[NH2+]c1c(O)cc2c(O)c1C[C@@H](C)C[C@H](OC)[C@H](O)[C@@H](C)/C=C(\C)[C@H](OC(C)=O)[C@@H](OC)/C=C\C=C(/C)C(=O)N2. The normalized spacial score (nSPS) is 29.4. The van der Waals surface area contributed by atoms with Crippen LogP contribution in [0.5, 0.6) is 11.5 Å². The van der Waals surface area contributed by atoms with Gasteiger partial charge in [0.1, 0.15) is 11.9 Å². The number of esters is 1. The molecular formula is C32H47N2O8+. The number of phenolic OH excluding ortho intramolecular Hbond substituents is 2. The van der Waals surface area contributed by atoms with Gasteiger partial charge in [0.15, 0.2) is 17.5 Å². The third-order valence-corrected chi connectivity index (χ3v) is 7.41. The van der Waals surface area contributed by atoms with E-state index < -0.39 is 36.3 Å². The van der Waals surface area contributed by atoms with Crippen molar-refractivity contribution in [3.63, 3.8) is 0 Å². The Morgan fingerprint density at radius 2 is 1.90 bits per heavy atom. The van der Waals surface area contributed by atoms with Gasteiger partial charge in [0, 0.05) is 38.7 Å². The predicted octanol–water partition coefficient (Wildman–Crippen LogP) is 3.41. The van der Waals surface area contributed by atoms with Crippen molar-refractivity contribution in [2.75, 3.05) is 26.1 Å². The van der Waals surface area contributed by atoms with Gasteiger partial charge in [0.2, 0.25) is 0 Å². The Bertz CT molecular complexity index is 1210. The number of quaternary nitrogens is 1. The maximum atomic E-state index is 13.0. The summed E-state index contributed by atoms with van der Waals surface area (Å²) in [4.78, 5) is 25.0. The number of nitrogens with two attached hydrogens (primary N) is 1. The summed E-state index contributed by atoms with van der Waals surface area (Å²) in [6.45, 7) is 12.8. The van der Waals surface area contributed by atoms with Crippen molar-refractivity contribution in [1.29, 1.82) is 0 Å². The number of hydrogen-bond donors (Lipinski definition) is 5. The van der Waals surface area contributed by atoms with Crippen molar-refractivity contribution in [3.8, 4) is 11.5 Å². The highest BCUT2D eigenvalue weighted by atomic mass is 16.6. The molecule has 0 aromatic heterocycles. The fourth-order valence-corrected chi connectivity index (χ4v) is 5.12. The Morgan fingerprint density at radius 3 is 2.50 bits per heavy atom. The van der Waals surface area contributed by atoms with Gasteiger partial charge in [-0.3, -0.25) is 9.59 Å². The van der Waals surface area contributed by atoms with Crippen LogP contribution >= 0.6 is 0 Å². The molecule has 6 N–H and O–H groups in total. The second-order valence-corrected chi connectivity index (χ2v) is 10.9. The van der Waals surface area contributed by atoms with Crippen molar-refractivity contribution in [1.82, 2.24) is 0 Å². The summed E-state index contributed by atoms with van der Waals surface area (Å²) >= 11 is 0. The minimum atomic E-state index is -0.894. The van der Waals surface area contributed by atoms with Crippen molar-refractivity contribution in [2.45, 2.75) is 71.9 Å². The van der Waals surface area contributed by atoms with E-state index in [0.717, 1.165) is 0 Å². The summed E-state index contributed by atoms with van der Waals surface area (Å²) in [5.74, 6) is -1.67. The van der Waals surface area contributed by atoms with Gasteiger partial charge in [0.05, 0.1) is 30.0 Å². The van der Waals surface area contributed by atoms with E-state index in [4.69, 9.17) is 14.2 Å². The first-order valence-electron chi connectivity index (χ1n) is 14.1. The van der Waals surface area contributed by atoms with Crippen LogP contribution in [0.2, 0.25) is 0 Å². The molecule has 0 aliphatic carbocycles. The summed E-state index contributed by atoms with van der Waals surface area (Å²) in [7, 11) is 3.02. The molecule has 10 nitrogen and oxygen atoms in total. The number of phenols is 2. The number of amides is 1. The van der Waals surface area contributed by atoms with Gasteiger partial charge >= 0.3 is 5.97 Å². The van der Waals surface area contributed by atoms with Crippen LogP contribution in [0.3, 0.4) is 0 Å². The van der Waals surface area contributed by atoms with Gasteiger partial charge in [-0.1, -0.05) is 44.7 Å². The molecule has 1 aromatic rings. The molecule has 0 unspecified atom stereocenters. The number of allylic oxidation sites excluding steroid dienone is 2. The van der Waals surface area contributed by atoms with Crippen LogP contribution in [-0.4, -0.2) is 72.4 Å². The van der Waals surface area contributed by atoms with Gasteiger partial charge < -0.3 is 40.2 Å². The van der Waals surface area contributed by atoms with Gasteiger partial charge in [-0.05, 0) is 44.3 Å². The molecular weight excluding hydrogens is 540 g/mol. The van der Waals surface area contributed by atoms with Crippen LogP contribution < -0.4 is 10.6 Å². The summed E-state index contributed by atoms with van der Waals surface area (Å²) in [5.41, 5.74) is 2.02. The Kier molecular flexibility index (Phi) is 13.5. The van der Waals surface area contributed by atoms with Crippen LogP contribution in [0.25, 0.3) is 0 Å². The van der Waals surface area contributed by atoms with E-state index in [1.165, 1.54) is 27.2 Å².